The third-order valence-corrected chi connectivity index (χ3v) is 8.09. The molecule has 1 fully saturated rings. The van der Waals surface area contributed by atoms with E-state index in [-0.39, 0.29) is 10.8 Å². The molecule has 0 spiro atoms. The van der Waals surface area contributed by atoms with Gasteiger partial charge in [-0.25, -0.2) is 8.42 Å². The van der Waals surface area contributed by atoms with Gasteiger partial charge < -0.3 is 10.1 Å². The van der Waals surface area contributed by atoms with Crippen LogP contribution in [0.5, 0.6) is 5.75 Å². The predicted molar refractivity (Wildman–Crippen MR) is 134 cm³/mol. The first-order valence-corrected chi connectivity index (χ1v) is 13.0. The van der Waals surface area contributed by atoms with Crippen LogP contribution in [0.2, 0.25) is 0 Å². The van der Waals surface area contributed by atoms with Crippen LogP contribution in [-0.2, 0) is 16.6 Å². The van der Waals surface area contributed by atoms with E-state index in [1.165, 1.54) is 10.4 Å². The van der Waals surface area contributed by atoms with Crippen molar-refractivity contribution in [3.63, 3.8) is 0 Å². The van der Waals surface area contributed by atoms with E-state index in [4.69, 9.17) is 4.74 Å². The topological polar surface area (TPSA) is 75.7 Å². The standard InChI is InChI=1S/C27H30N2O4S/c1-20-14-16-29(17-15-20)34(31,32)25-13-8-21(2)26(18-25)27(30)28-23-9-11-24(12-10-23)33-19-22-6-4-3-5-7-22/h3-13,18,20H,14-17,19H2,1-2H3,(H,28,30). The second-order valence-corrected chi connectivity index (χ2v) is 10.8. The minimum absolute atomic E-state index is 0.155. The Balaban J connectivity index is 1.43. The van der Waals surface area contributed by atoms with E-state index in [9.17, 15) is 13.2 Å². The Morgan fingerprint density at radius 1 is 1.00 bits per heavy atom. The van der Waals surface area contributed by atoms with Gasteiger partial charge in [-0.2, -0.15) is 4.31 Å². The van der Waals surface area contributed by atoms with Crippen LogP contribution in [0.15, 0.2) is 77.7 Å². The Bertz CT molecular complexity index is 1230. The number of sulfonamides is 1. The summed E-state index contributed by atoms with van der Waals surface area (Å²) in [6.07, 6.45) is 1.70. The van der Waals surface area contributed by atoms with Gasteiger partial charge in [-0.1, -0.05) is 43.3 Å². The molecule has 7 heteroatoms. The van der Waals surface area contributed by atoms with Crippen molar-refractivity contribution in [2.45, 2.75) is 38.2 Å². The summed E-state index contributed by atoms with van der Waals surface area (Å²) in [5.74, 6) is 0.877. The third kappa shape index (κ3) is 5.66. The van der Waals surface area contributed by atoms with E-state index in [2.05, 4.69) is 12.2 Å². The molecule has 34 heavy (non-hydrogen) atoms. The quantitative estimate of drug-likeness (QED) is 0.503. The van der Waals surface area contributed by atoms with Crippen LogP contribution in [0.3, 0.4) is 0 Å². The van der Waals surface area contributed by atoms with Gasteiger partial charge in [-0.05, 0) is 73.2 Å². The molecule has 0 aliphatic carbocycles. The van der Waals surface area contributed by atoms with Crippen LogP contribution < -0.4 is 10.1 Å². The molecule has 1 heterocycles. The average Bonchev–Trinajstić information content (AvgIpc) is 2.84. The normalized spacial score (nSPS) is 15.1. The van der Waals surface area contributed by atoms with Crippen LogP contribution in [0.1, 0.15) is 41.3 Å². The van der Waals surface area contributed by atoms with Gasteiger partial charge in [0.15, 0.2) is 0 Å². The molecule has 3 aromatic rings. The Labute approximate surface area is 201 Å². The maximum absolute atomic E-state index is 13.1. The number of aryl methyl sites for hydroxylation is 1. The average molecular weight is 479 g/mol. The first-order chi connectivity index (χ1) is 16.3. The predicted octanol–water partition coefficient (Wildman–Crippen LogP) is 5.25. The molecule has 4 rings (SSSR count). The van der Waals surface area contributed by atoms with Crippen molar-refractivity contribution in [1.29, 1.82) is 0 Å². The third-order valence-electron chi connectivity index (χ3n) is 6.19. The molecule has 0 bridgehead atoms. The molecule has 0 aromatic heterocycles. The number of piperidine rings is 1. The minimum atomic E-state index is -3.63. The Hall–Kier alpha value is -3.16. The molecule has 3 aromatic carbocycles. The van der Waals surface area contributed by atoms with Gasteiger partial charge in [0.25, 0.3) is 5.91 Å². The molecule has 1 aliphatic rings. The number of nitrogens with one attached hydrogen (secondary N) is 1. The first-order valence-electron chi connectivity index (χ1n) is 11.5. The Morgan fingerprint density at radius 3 is 2.35 bits per heavy atom. The number of ether oxygens (including phenoxy) is 1. The second kappa shape index (κ2) is 10.4. The maximum atomic E-state index is 13.1. The summed E-state index contributed by atoms with van der Waals surface area (Å²) in [6, 6.07) is 21.8. The van der Waals surface area contributed by atoms with E-state index in [1.807, 2.05) is 30.3 Å². The Kier molecular flexibility index (Phi) is 7.34. The van der Waals surface area contributed by atoms with E-state index < -0.39 is 10.0 Å². The van der Waals surface area contributed by atoms with Gasteiger partial charge in [0.05, 0.1) is 4.90 Å². The van der Waals surface area contributed by atoms with Gasteiger partial charge in [0.2, 0.25) is 10.0 Å². The summed E-state index contributed by atoms with van der Waals surface area (Å²) >= 11 is 0. The molecule has 178 valence electrons. The second-order valence-electron chi connectivity index (χ2n) is 8.82. The molecule has 0 atom stereocenters. The maximum Gasteiger partial charge on any atom is 0.255 e. The number of hydrogen-bond donors (Lipinski definition) is 1. The van der Waals surface area contributed by atoms with Gasteiger partial charge in [-0.15, -0.1) is 0 Å². The fourth-order valence-corrected chi connectivity index (χ4v) is 5.45. The number of rotatable bonds is 7. The summed E-state index contributed by atoms with van der Waals surface area (Å²) in [5.41, 5.74) is 2.74. The summed E-state index contributed by atoms with van der Waals surface area (Å²) in [4.78, 5) is 13.1. The number of hydrogen-bond acceptors (Lipinski definition) is 4. The summed E-state index contributed by atoms with van der Waals surface area (Å²) in [5, 5.41) is 2.86. The number of carbonyl (C=O) groups is 1. The van der Waals surface area contributed by atoms with Crippen molar-refractivity contribution >= 4 is 21.6 Å². The van der Waals surface area contributed by atoms with Gasteiger partial charge >= 0.3 is 0 Å². The lowest BCUT2D eigenvalue weighted by molar-refractivity contribution is 0.102. The van der Waals surface area contributed by atoms with Crippen molar-refractivity contribution in [2.24, 2.45) is 5.92 Å². The molecular formula is C27H30N2O4S. The highest BCUT2D eigenvalue weighted by Gasteiger charge is 2.29. The molecule has 1 saturated heterocycles. The highest BCUT2D eigenvalue weighted by Crippen LogP contribution is 2.25. The molecule has 1 aliphatic heterocycles. The molecule has 1 N–H and O–H groups in total. The van der Waals surface area contributed by atoms with Crippen molar-refractivity contribution in [3.8, 4) is 5.75 Å². The molecule has 0 saturated carbocycles. The summed E-state index contributed by atoms with van der Waals surface area (Å²) in [6.45, 7) is 5.42. The van der Waals surface area contributed by atoms with Crippen molar-refractivity contribution < 1.29 is 17.9 Å². The zero-order valence-electron chi connectivity index (χ0n) is 19.5. The van der Waals surface area contributed by atoms with E-state index in [0.717, 1.165) is 18.4 Å². The van der Waals surface area contributed by atoms with E-state index in [1.54, 1.807) is 43.3 Å². The lowest BCUT2D eigenvalue weighted by atomic mass is 10.0. The number of carbonyl (C=O) groups excluding carboxylic acids is 1. The van der Waals surface area contributed by atoms with Crippen molar-refractivity contribution in [1.82, 2.24) is 4.31 Å². The van der Waals surface area contributed by atoms with Crippen molar-refractivity contribution in [3.05, 3.63) is 89.5 Å². The van der Waals surface area contributed by atoms with Gasteiger partial charge in [-0.3, -0.25) is 4.79 Å². The number of anilines is 1. The molecule has 1 amide bonds. The zero-order chi connectivity index (χ0) is 24.1. The zero-order valence-corrected chi connectivity index (χ0v) is 20.3. The van der Waals surface area contributed by atoms with Gasteiger partial charge in [0, 0.05) is 24.3 Å². The van der Waals surface area contributed by atoms with Crippen LogP contribution in [0.4, 0.5) is 5.69 Å². The molecule has 0 unspecified atom stereocenters. The largest absolute Gasteiger partial charge is 0.489 e. The van der Waals surface area contributed by atoms with E-state index >= 15 is 0 Å². The summed E-state index contributed by atoms with van der Waals surface area (Å²) < 4.78 is 33.6. The van der Waals surface area contributed by atoms with Crippen LogP contribution >= 0.6 is 0 Å². The molecule has 0 radical (unpaired) electrons. The smallest absolute Gasteiger partial charge is 0.255 e. The molecular weight excluding hydrogens is 448 g/mol. The summed E-state index contributed by atoms with van der Waals surface area (Å²) in [7, 11) is -3.63. The number of amides is 1. The van der Waals surface area contributed by atoms with Crippen LogP contribution in [-0.4, -0.2) is 31.7 Å². The minimum Gasteiger partial charge on any atom is -0.489 e. The fourth-order valence-electron chi connectivity index (χ4n) is 3.95. The Morgan fingerprint density at radius 2 is 1.68 bits per heavy atom. The van der Waals surface area contributed by atoms with E-state index in [0.29, 0.717) is 48.2 Å². The number of nitrogens with zero attached hydrogens (tertiary/aromatic N) is 1. The fraction of sp³-hybridized carbons (Fsp3) is 0.296. The lowest BCUT2D eigenvalue weighted by Crippen LogP contribution is -2.38. The number of benzene rings is 3. The van der Waals surface area contributed by atoms with Crippen LogP contribution in [0, 0.1) is 12.8 Å². The highest BCUT2D eigenvalue weighted by molar-refractivity contribution is 7.89. The molecule has 6 nitrogen and oxygen atoms in total. The van der Waals surface area contributed by atoms with Gasteiger partial charge in [0.1, 0.15) is 12.4 Å². The van der Waals surface area contributed by atoms with Crippen molar-refractivity contribution in [2.75, 3.05) is 18.4 Å². The van der Waals surface area contributed by atoms with Crippen LogP contribution in [0.25, 0.3) is 0 Å². The first kappa shape index (κ1) is 24.0. The monoisotopic (exact) mass is 478 g/mol. The lowest BCUT2D eigenvalue weighted by Gasteiger charge is -2.29. The highest BCUT2D eigenvalue weighted by atomic mass is 32.2. The SMILES string of the molecule is Cc1ccc(S(=O)(=O)N2CCC(C)CC2)cc1C(=O)Nc1ccc(OCc2ccccc2)cc1.